The first-order valence-electron chi connectivity index (χ1n) is 7.37. The minimum atomic E-state index is -0.200. The molecule has 21 heavy (non-hydrogen) atoms. The molecule has 1 N–H and O–H groups in total. The highest BCUT2D eigenvalue weighted by atomic mass is 19.1. The number of nitrogens with zero attached hydrogens (tertiary/aromatic N) is 1. The van der Waals surface area contributed by atoms with Crippen LogP contribution < -0.4 is 10.2 Å². The van der Waals surface area contributed by atoms with Crippen LogP contribution in [0, 0.1) is 12.7 Å². The van der Waals surface area contributed by atoms with Crippen LogP contribution in [-0.2, 0) is 0 Å². The fraction of sp³-hybridized carbons (Fsp3) is 0.333. The molecule has 0 amide bonds. The van der Waals surface area contributed by atoms with Gasteiger partial charge in [-0.05, 0) is 48.9 Å². The summed E-state index contributed by atoms with van der Waals surface area (Å²) in [4.78, 5) is 2.15. The summed E-state index contributed by atoms with van der Waals surface area (Å²) in [7, 11) is 2.04. The van der Waals surface area contributed by atoms with Gasteiger partial charge in [-0.1, -0.05) is 31.2 Å². The highest BCUT2D eigenvalue weighted by Gasteiger charge is 2.15. The van der Waals surface area contributed by atoms with Crippen molar-refractivity contribution in [3.05, 3.63) is 65.5 Å². The van der Waals surface area contributed by atoms with Crippen molar-refractivity contribution in [1.82, 2.24) is 5.32 Å². The van der Waals surface area contributed by atoms with Crippen LogP contribution in [0.1, 0.15) is 24.1 Å². The van der Waals surface area contributed by atoms with Gasteiger partial charge in [0.05, 0.1) is 6.04 Å². The number of halogens is 1. The van der Waals surface area contributed by atoms with E-state index in [-0.39, 0.29) is 11.9 Å². The van der Waals surface area contributed by atoms with Gasteiger partial charge in [-0.15, -0.1) is 0 Å². The van der Waals surface area contributed by atoms with E-state index in [1.165, 1.54) is 23.3 Å². The van der Waals surface area contributed by atoms with E-state index in [4.69, 9.17) is 0 Å². The van der Waals surface area contributed by atoms with Crippen LogP contribution in [0.25, 0.3) is 0 Å². The van der Waals surface area contributed by atoms with Gasteiger partial charge in [-0.25, -0.2) is 4.39 Å². The van der Waals surface area contributed by atoms with Gasteiger partial charge in [0.1, 0.15) is 5.82 Å². The normalized spacial score (nSPS) is 12.2. The third-order valence-electron chi connectivity index (χ3n) is 3.74. The molecule has 0 aliphatic rings. The topological polar surface area (TPSA) is 15.3 Å². The van der Waals surface area contributed by atoms with E-state index in [0.29, 0.717) is 0 Å². The Kier molecular flexibility index (Phi) is 5.34. The van der Waals surface area contributed by atoms with Crippen LogP contribution in [0.2, 0.25) is 0 Å². The van der Waals surface area contributed by atoms with Crippen LogP contribution >= 0.6 is 0 Å². The standard InChI is InChI=1S/C18H23FN2/c1-4-20-18(17-8-6-5-7-14(17)2)13-21(3)16-11-9-15(19)10-12-16/h5-12,18,20H,4,13H2,1-3H3. The molecule has 0 aliphatic heterocycles. The monoisotopic (exact) mass is 286 g/mol. The van der Waals surface area contributed by atoms with Gasteiger partial charge in [-0.2, -0.15) is 0 Å². The molecule has 0 radical (unpaired) electrons. The van der Waals surface area contributed by atoms with E-state index in [0.717, 1.165) is 18.8 Å². The Morgan fingerprint density at radius 2 is 1.76 bits per heavy atom. The molecule has 0 spiro atoms. The Balaban J connectivity index is 2.16. The first-order chi connectivity index (χ1) is 10.1. The SMILES string of the molecule is CCNC(CN(C)c1ccc(F)cc1)c1ccccc1C. The molecular weight excluding hydrogens is 263 g/mol. The predicted molar refractivity (Wildman–Crippen MR) is 87.3 cm³/mol. The molecule has 112 valence electrons. The summed E-state index contributed by atoms with van der Waals surface area (Å²) in [6.45, 7) is 6.00. The fourth-order valence-corrected chi connectivity index (χ4v) is 2.57. The number of likely N-dealkylation sites (N-methyl/N-ethyl adjacent to an activating group) is 2. The summed E-state index contributed by atoms with van der Waals surface area (Å²) in [6.07, 6.45) is 0. The minimum absolute atomic E-state index is 0.200. The maximum Gasteiger partial charge on any atom is 0.123 e. The lowest BCUT2D eigenvalue weighted by atomic mass is 10.0. The van der Waals surface area contributed by atoms with Crippen molar-refractivity contribution in [3.8, 4) is 0 Å². The lowest BCUT2D eigenvalue weighted by Crippen LogP contribution is -2.33. The molecule has 0 saturated carbocycles. The van der Waals surface area contributed by atoms with Gasteiger partial charge in [0, 0.05) is 19.3 Å². The molecule has 0 fully saturated rings. The van der Waals surface area contributed by atoms with Crippen molar-refractivity contribution < 1.29 is 4.39 Å². The molecule has 0 bridgehead atoms. The smallest absolute Gasteiger partial charge is 0.123 e. The second-order valence-corrected chi connectivity index (χ2v) is 5.32. The van der Waals surface area contributed by atoms with Gasteiger partial charge in [-0.3, -0.25) is 0 Å². The molecular formula is C18H23FN2. The average Bonchev–Trinajstić information content (AvgIpc) is 2.48. The minimum Gasteiger partial charge on any atom is -0.373 e. The van der Waals surface area contributed by atoms with E-state index >= 15 is 0 Å². The lowest BCUT2D eigenvalue weighted by Gasteiger charge is -2.27. The highest BCUT2D eigenvalue weighted by Crippen LogP contribution is 2.21. The maximum atomic E-state index is 13.0. The van der Waals surface area contributed by atoms with Gasteiger partial charge in [0.25, 0.3) is 0 Å². The van der Waals surface area contributed by atoms with Crippen molar-refractivity contribution in [2.45, 2.75) is 19.9 Å². The molecule has 1 atom stereocenters. The first-order valence-corrected chi connectivity index (χ1v) is 7.37. The summed E-state index contributed by atoms with van der Waals surface area (Å²) >= 11 is 0. The zero-order valence-electron chi connectivity index (χ0n) is 12.9. The van der Waals surface area contributed by atoms with Gasteiger partial charge >= 0.3 is 0 Å². The van der Waals surface area contributed by atoms with Gasteiger partial charge < -0.3 is 10.2 Å². The van der Waals surface area contributed by atoms with Crippen LogP contribution in [0.4, 0.5) is 10.1 Å². The Hall–Kier alpha value is -1.87. The molecule has 2 aromatic carbocycles. The van der Waals surface area contributed by atoms with Crippen molar-refractivity contribution in [2.75, 3.05) is 25.0 Å². The zero-order valence-corrected chi connectivity index (χ0v) is 12.9. The second-order valence-electron chi connectivity index (χ2n) is 5.32. The van der Waals surface area contributed by atoms with E-state index in [1.54, 1.807) is 0 Å². The Bertz CT molecular complexity index is 566. The van der Waals surface area contributed by atoms with Gasteiger partial charge in [0.2, 0.25) is 0 Å². The van der Waals surface area contributed by atoms with Crippen molar-refractivity contribution in [2.24, 2.45) is 0 Å². The molecule has 0 heterocycles. The number of benzene rings is 2. The Morgan fingerprint density at radius 3 is 2.38 bits per heavy atom. The summed E-state index contributed by atoms with van der Waals surface area (Å²) in [5.41, 5.74) is 3.62. The average molecular weight is 286 g/mol. The fourth-order valence-electron chi connectivity index (χ4n) is 2.57. The summed E-state index contributed by atoms with van der Waals surface area (Å²) < 4.78 is 13.0. The summed E-state index contributed by atoms with van der Waals surface area (Å²) in [6, 6.07) is 15.3. The van der Waals surface area contributed by atoms with Crippen LogP contribution in [-0.4, -0.2) is 20.1 Å². The van der Waals surface area contributed by atoms with Crippen molar-refractivity contribution in [3.63, 3.8) is 0 Å². The lowest BCUT2D eigenvalue weighted by molar-refractivity contribution is 0.547. The molecule has 0 aromatic heterocycles. The third kappa shape index (κ3) is 4.05. The predicted octanol–water partition coefficient (Wildman–Crippen LogP) is 3.92. The molecule has 0 aliphatic carbocycles. The quantitative estimate of drug-likeness (QED) is 0.866. The number of anilines is 1. The number of hydrogen-bond acceptors (Lipinski definition) is 2. The van der Waals surface area contributed by atoms with E-state index < -0.39 is 0 Å². The largest absolute Gasteiger partial charge is 0.373 e. The van der Waals surface area contributed by atoms with Crippen LogP contribution in [0.15, 0.2) is 48.5 Å². The van der Waals surface area contributed by atoms with Crippen LogP contribution in [0.5, 0.6) is 0 Å². The number of rotatable bonds is 6. The Morgan fingerprint density at radius 1 is 1.10 bits per heavy atom. The molecule has 1 unspecified atom stereocenters. The van der Waals surface area contributed by atoms with Crippen molar-refractivity contribution in [1.29, 1.82) is 0 Å². The summed E-state index contributed by atoms with van der Waals surface area (Å²) in [5.74, 6) is -0.200. The van der Waals surface area contributed by atoms with E-state index in [9.17, 15) is 4.39 Å². The Labute approximate surface area is 126 Å². The molecule has 0 saturated heterocycles. The second kappa shape index (κ2) is 7.23. The first kappa shape index (κ1) is 15.5. The maximum absolute atomic E-state index is 13.0. The molecule has 2 nitrogen and oxygen atoms in total. The van der Waals surface area contributed by atoms with E-state index in [2.05, 4.69) is 48.3 Å². The van der Waals surface area contributed by atoms with Crippen LogP contribution in [0.3, 0.4) is 0 Å². The molecule has 2 aromatic rings. The molecule has 3 heteroatoms. The van der Waals surface area contributed by atoms with E-state index in [1.807, 2.05) is 19.2 Å². The molecule has 2 rings (SSSR count). The number of aryl methyl sites for hydroxylation is 1. The highest BCUT2D eigenvalue weighted by molar-refractivity contribution is 5.46. The number of hydrogen-bond donors (Lipinski definition) is 1. The summed E-state index contributed by atoms with van der Waals surface area (Å²) in [5, 5.41) is 3.54. The number of nitrogens with one attached hydrogen (secondary N) is 1. The third-order valence-corrected chi connectivity index (χ3v) is 3.74. The zero-order chi connectivity index (χ0) is 15.2. The van der Waals surface area contributed by atoms with Crippen molar-refractivity contribution >= 4 is 5.69 Å². The van der Waals surface area contributed by atoms with Gasteiger partial charge in [0.15, 0.2) is 0 Å².